The maximum atomic E-state index is 2.30. The minimum Gasteiger partial charge on any atom is -0.0808 e. The van der Waals surface area contributed by atoms with Crippen LogP contribution in [0.2, 0.25) is 0 Å². The molecule has 0 heterocycles. The number of benzene rings is 2. The van der Waals surface area contributed by atoms with E-state index in [0.717, 1.165) is 6.42 Å². The van der Waals surface area contributed by atoms with Crippen LogP contribution in [0.1, 0.15) is 44.4 Å². The van der Waals surface area contributed by atoms with Gasteiger partial charge in [0.05, 0.1) is 0 Å². The van der Waals surface area contributed by atoms with Crippen molar-refractivity contribution < 1.29 is 0 Å². The highest BCUT2D eigenvalue weighted by Crippen LogP contribution is 2.22. The van der Waals surface area contributed by atoms with Crippen molar-refractivity contribution in [3.05, 3.63) is 77.4 Å². The van der Waals surface area contributed by atoms with Crippen LogP contribution >= 0.6 is 0 Å². The molecule has 2 rings (SSSR count). The van der Waals surface area contributed by atoms with Crippen molar-refractivity contribution >= 4 is 6.08 Å². The first-order chi connectivity index (χ1) is 9.95. The van der Waals surface area contributed by atoms with E-state index in [1.54, 1.807) is 0 Å². The molecule has 0 radical (unpaired) electrons. The van der Waals surface area contributed by atoms with Crippen LogP contribution in [-0.2, 0) is 11.8 Å². The van der Waals surface area contributed by atoms with E-state index in [4.69, 9.17) is 0 Å². The average molecular weight is 278 g/mol. The summed E-state index contributed by atoms with van der Waals surface area (Å²) in [7, 11) is 0. The Labute approximate surface area is 129 Å². The van der Waals surface area contributed by atoms with Gasteiger partial charge in [-0.05, 0) is 34.4 Å². The normalized spacial score (nSPS) is 13.5. The van der Waals surface area contributed by atoms with Crippen LogP contribution in [0.15, 0.2) is 60.7 Å². The zero-order valence-corrected chi connectivity index (χ0v) is 13.6. The second kappa shape index (κ2) is 6.76. The highest BCUT2D eigenvalue weighted by atomic mass is 14.2. The molecule has 0 heteroatoms. The molecule has 2 aromatic rings. The van der Waals surface area contributed by atoms with E-state index in [9.17, 15) is 0 Å². The minimum absolute atomic E-state index is 0.225. The predicted molar refractivity (Wildman–Crippen MR) is 93.5 cm³/mol. The quantitative estimate of drug-likeness (QED) is 0.655. The highest BCUT2D eigenvalue weighted by Gasteiger charge is 2.12. The topological polar surface area (TPSA) is 0 Å². The van der Waals surface area contributed by atoms with E-state index in [1.165, 1.54) is 16.7 Å². The van der Waals surface area contributed by atoms with Crippen molar-refractivity contribution in [3.8, 4) is 0 Å². The van der Waals surface area contributed by atoms with Gasteiger partial charge in [-0.15, -0.1) is 0 Å². The summed E-state index contributed by atoms with van der Waals surface area (Å²) in [6, 6.07) is 19.6. The summed E-state index contributed by atoms with van der Waals surface area (Å²) < 4.78 is 0. The maximum Gasteiger partial charge on any atom is -0.0132 e. The van der Waals surface area contributed by atoms with Crippen LogP contribution in [-0.4, -0.2) is 0 Å². The van der Waals surface area contributed by atoms with Crippen LogP contribution in [0.3, 0.4) is 0 Å². The van der Waals surface area contributed by atoms with Gasteiger partial charge in [0.15, 0.2) is 0 Å². The van der Waals surface area contributed by atoms with Crippen LogP contribution in [0.25, 0.3) is 6.08 Å². The van der Waals surface area contributed by atoms with E-state index in [-0.39, 0.29) is 5.41 Å². The largest absolute Gasteiger partial charge is 0.0808 e. The number of rotatable bonds is 4. The van der Waals surface area contributed by atoms with Crippen molar-refractivity contribution in [2.45, 2.75) is 39.5 Å². The van der Waals surface area contributed by atoms with Gasteiger partial charge in [-0.2, -0.15) is 0 Å². The number of allylic oxidation sites excluding steroid dienone is 1. The standard InChI is InChI=1S/C21H26/c1-17(16-19-8-6-5-7-9-19)10-11-18-12-14-20(15-13-18)21(2,3)4/h5-15,17H,16H2,1-4H3/b11-10+/t17-/m1/s1. The fourth-order valence-corrected chi connectivity index (χ4v) is 2.42. The van der Waals surface area contributed by atoms with E-state index in [1.807, 2.05) is 0 Å². The maximum absolute atomic E-state index is 2.30. The van der Waals surface area contributed by atoms with Gasteiger partial charge < -0.3 is 0 Å². The molecular weight excluding hydrogens is 252 g/mol. The van der Waals surface area contributed by atoms with Crippen LogP contribution in [0.5, 0.6) is 0 Å². The second-order valence-corrected chi connectivity index (χ2v) is 6.90. The fourth-order valence-electron chi connectivity index (χ4n) is 2.42. The van der Waals surface area contributed by atoms with Crippen LogP contribution < -0.4 is 0 Å². The van der Waals surface area contributed by atoms with Crippen LogP contribution in [0.4, 0.5) is 0 Å². The van der Waals surface area contributed by atoms with E-state index in [2.05, 4.69) is 94.4 Å². The zero-order valence-electron chi connectivity index (χ0n) is 13.6. The molecule has 0 bridgehead atoms. The zero-order chi connectivity index (χ0) is 15.3. The van der Waals surface area contributed by atoms with Gasteiger partial charge in [0.2, 0.25) is 0 Å². The van der Waals surface area contributed by atoms with Gasteiger partial charge in [-0.1, -0.05) is 94.4 Å². The molecule has 0 amide bonds. The van der Waals surface area contributed by atoms with Crippen LogP contribution in [0, 0.1) is 5.92 Å². The third-order valence-electron chi connectivity index (χ3n) is 3.79. The van der Waals surface area contributed by atoms with E-state index >= 15 is 0 Å². The van der Waals surface area contributed by atoms with Gasteiger partial charge in [0.1, 0.15) is 0 Å². The van der Waals surface area contributed by atoms with Gasteiger partial charge in [0.25, 0.3) is 0 Å². The van der Waals surface area contributed by atoms with Crippen molar-refractivity contribution in [1.82, 2.24) is 0 Å². The summed E-state index contributed by atoms with van der Waals surface area (Å²) in [5.41, 5.74) is 4.29. The summed E-state index contributed by atoms with van der Waals surface area (Å²) in [5, 5.41) is 0. The van der Waals surface area contributed by atoms with Gasteiger partial charge in [-0.3, -0.25) is 0 Å². The minimum atomic E-state index is 0.225. The molecule has 2 aromatic carbocycles. The number of hydrogen-bond donors (Lipinski definition) is 0. The lowest BCUT2D eigenvalue weighted by molar-refractivity contribution is 0.590. The second-order valence-electron chi connectivity index (χ2n) is 6.90. The Bertz CT molecular complexity index is 568. The lowest BCUT2D eigenvalue weighted by atomic mass is 9.86. The molecule has 110 valence electrons. The molecule has 21 heavy (non-hydrogen) atoms. The molecule has 0 nitrogen and oxygen atoms in total. The van der Waals surface area contributed by atoms with Crippen molar-refractivity contribution in [2.24, 2.45) is 5.92 Å². The molecule has 1 atom stereocenters. The molecule has 0 saturated carbocycles. The average Bonchev–Trinajstić information content (AvgIpc) is 2.46. The van der Waals surface area contributed by atoms with Crippen molar-refractivity contribution in [1.29, 1.82) is 0 Å². The third-order valence-corrected chi connectivity index (χ3v) is 3.79. The first-order valence-corrected chi connectivity index (χ1v) is 7.78. The lowest BCUT2D eigenvalue weighted by Gasteiger charge is -2.18. The molecule has 0 unspecified atom stereocenters. The predicted octanol–water partition coefficient (Wildman–Crippen LogP) is 5.88. The molecule has 0 spiro atoms. The lowest BCUT2D eigenvalue weighted by Crippen LogP contribution is -2.10. The summed E-state index contributed by atoms with van der Waals surface area (Å²) in [5.74, 6) is 0.551. The van der Waals surface area contributed by atoms with Crippen molar-refractivity contribution in [2.75, 3.05) is 0 Å². The first-order valence-electron chi connectivity index (χ1n) is 7.78. The molecule has 0 aromatic heterocycles. The fraction of sp³-hybridized carbons (Fsp3) is 0.333. The Morgan fingerprint density at radius 3 is 2.10 bits per heavy atom. The summed E-state index contributed by atoms with van der Waals surface area (Å²) in [6.07, 6.45) is 5.64. The third kappa shape index (κ3) is 4.90. The van der Waals surface area contributed by atoms with E-state index in [0.29, 0.717) is 5.92 Å². The molecule has 0 aliphatic carbocycles. The molecule has 0 aliphatic heterocycles. The summed E-state index contributed by atoms with van der Waals surface area (Å²) >= 11 is 0. The monoisotopic (exact) mass is 278 g/mol. The van der Waals surface area contributed by atoms with Gasteiger partial charge in [-0.25, -0.2) is 0 Å². The Hall–Kier alpha value is -1.82. The molecule has 0 aliphatic rings. The van der Waals surface area contributed by atoms with E-state index < -0.39 is 0 Å². The molecular formula is C21H26. The van der Waals surface area contributed by atoms with Gasteiger partial charge >= 0.3 is 0 Å². The highest BCUT2D eigenvalue weighted by molar-refractivity contribution is 5.50. The SMILES string of the molecule is C[C@H](/C=C/c1ccc(C(C)(C)C)cc1)Cc1ccccc1. The molecule has 0 N–H and O–H groups in total. The first kappa shape index (κ1) is 15.6. The Morgan fingerprint density at radius 2 is 1.52 bits per heavy atom. The van der Waals surface area contributed by atoms with Crippen molar-refractivity contribution in [3.63, 3.8) is 0 Å². The summed E-state index contributed by atoms with van der Waals surface area (Å²) in [4.78, 5) is 0. The Kier molecular flexibility index (Phi) is 5.01. The molecule has 0 saturated heterocycles. The smallest absolute Gasteiger partial charge is 0.0132 e. The summed E-state index contributed by atoms with van der Waals surface area (Å²) in [6.45, 7) is 9.02. The Morgan fingerprint density at radius 1 is 0.905 bits per heavy atom. The molecule has 0 fully saturated rings. The Balaban J connectivity index is 1.97. The number of hydrogen-bond acceptors (Lipinski definition) is 0. The van der Waals surface area contributed by atoms with Gasteiger partial charge in [0, 0.05) is 0 Å².